The average molecular weight is 280 g/mol. The van der Waals surface area contributed by atoms with E-state index in [0.717, 1.165) is 5.82 Å². The van der Waals surface area contributed by atoms with Gasteiger partial charge in [0, 0.05) is 29.9 Å². The van der Waals surface area contributed by atoms with Gasteiger partial charge in [-0.25, -0.2) is 5.01 Å². The molecule has 0 amide bonds. The van der Waals surface area contributed by atoms with E-state index in [1.54, 1.807) is 31.1 Å². The van der Waals surface area contributed by atoms with Gasteiger partial charge in [-0.05, 0) is 13.0 Å². The van der Waals surface area contributed by atoms with Gasteiger partial charge in [0.1, 0.15) is 11.7 Å². The lowest BCUT2D eigenvalue weighted by Gasteiger charge is -2.22. The summed E-state index contributed by atoms with van der Waals surface area (Å²) < 4.78 is 2.84. The zero-order valence-corrected chi connectivity index (χ0v) is 9.34. The summed E-state index contributed by atoms with van der Waals surface area (Å²) in [5.41, 5.74) is 0. The van der Waals surface area contributed by atoms with Gasteiger partial charge in [-0.3, -0.25) is 5.41 Å². The zero-order chi connectivity index (χ0) is 9.56. The highest BCUT2D eigenvalue weighted by Crippen LogP contribution is 1.99. The Balaban J connectivity index is 4.55. The minimum Gasteiger partial charge on any atom is -0.373 e. The van der Waals surface area contributed by atoms with Gasteiger partial charge in [-0.1, -0.05) is 12.7 Å². The van der Waals surface area contributed by atoms with Crippen molar-refractivity contribution >= 4 is 28.7 Å². The van der Waals surface area contributed by atoms with Crippen molar-refractivity contribution in [3.8, 4) is 0 Å². The fraction of sp³-hybridized carbons (Fsp3) is 0.286. The van der Waals surface area contributed by atoms with E-state index in [4.69, 9.17) is 5.41 Å². The Kier molecular flexibility index (Phi) is 5.73. The summed E-state index contributed by atoms with van der Waals surface area (Å²) in [6.45, 7) is 5.28. The molecule has 0 aliphatic carbocycles. The third-order valence-corrected chi connectivity index (χ3v) is 1.68. The first-order valence-corrected chi connectivity index (χ1v) is 4.47. The molecule has 0 bridgehead atoms. The Hall–Kier alpha value is -0.560. The van der Waals surface area contributed by atoms with Gasteiger partial charge < -0.3 is 5.32 Å². The molecule has 0 atom stereocenters. The smallest absolute Gasteiger partial charge is 0.122 e. The number of amidine groups is 1. The van der Waals surface area contributed by atoms with Crippen molar-refractivity contribution in [2.45, 2.75) is 6.92 Å². The molecule has 4 nitrogen and oxygen atoms in total. The van der Waals surface area contributed by atoms with Gasteiger partial charge in [0.15, 0.2) is 0 Å². The first kappa shape index (κ1) is 11.4. The Morgan fingerprint density at radius 1 is 1.67 bits per heavy atom. The van der Waals surface area contributed by atoms with Gasteiger partial charge in [-0.15, -0.1) is 0 Å². The molecule has 3 N–H and O–H groups in total. The molecule has 0 heterocycles. The largest absolute Gasteiger partial charge is 0.373 e. The molecule has 12 heavy (non-hydrogen) atoms. The van der Waals surface area contributed by atoms with Crippen LogP contribution in [-0.4, -0.2) is 17.9 Å². The lowest BCUT2D eigenvalue weighted by atomic mass is 10.5. The summed E-state index contributed by atoms with van der Waals surface area (Å²) >= 11 is 1.96. The third-order valence-electron chi connectivity index (χ3n) is 1.19. The van der Waals surface area contributed by atoms with Crippen molar-refractivity contribution in [3.05, 3.63) is 24.6 Å². The zero-order valence-electron chi connectivity index (χ0n) is 7.19. The molecule has 0 aromatic heterocycles. The fourth-order valence-electron chi connectivity index (χ4n) is 0.671. The molecule has 68 valence electrons. The minimum absolute atomic E-state index is 0.409. The maximum atomic E-state index is 7.41. The fourth-order valence-corrected chi connectivity index (χ4v) is 1.29. The number of halogens is 1. The van der Waals surface area contributed by atoms with Crippen LogP contribution in [0.15, 0.2) is 24.6 Å². The number of rotatable bonds is 4. The molecule has 0 rings (SSSR count). The van der Waals surface area contributed by atoms with Crippen molar-refractivity contribution < 1.29 is 0 Å². The Morgan fingerprint density at radius 2 is 2.25 bits per heavy atom. The predicted octanol–water partition coefficient (Wildman–Crippen LogP) is 1.39. The lowest BCUT2D eigenvalue weighted by Crippen LogP contribution is -2.38. The van der Waals surface area contributed by atoms with Crippen LogP contribution in [0, 0.1) is 5.41 Å². The maximum Gasteiger partial charge on any atom is 0.122 e. The highest BCUT2D eigenvalue weighted by molar-refractivity contribution is 14.1. The Morgan fingerprint density at radius 3 is 2.50 bits per heavy atom. The van der Waals surface area contributed by atoms with Crippen LogP contribution < -0.4 is 8.96 Å². The topological polar surface area (TPSA) is 51.1 Å². The number of allylic oxidation sites excluding steroid dienone is 2. The van der Waals surface area contributed by atoms with E-state index < -0.39 is 0 Å². The second-order valence-corrected chi connectivity index (χ2v) is 2.53. The number of nitrogens with zero attached hydrogens (tertiary/aromatic N) is 1. The molecule has 0 radical (unpaired) electrons. The molecule has 0 aromatic carbocycles. The van der Waals surface area contributed by atoms with Gasteiger partial charge >= 0.3 is 0 Å². The van der Waals surface area contributed by atoms with Crippen LogP contribution in [0.2, 0.25) is 0 Å². The molecule has 5 heteroatoms. The van der Waals surface area contributed by atoms with E-state index in [1.165, 1.54) is 0 Å². The second-order valence-electron chi connectivity index (χ2n) is 2.04. The molecule has 0 aliphatic rings. The summed E-state index contributed by atoms with van der Waals surface area (Å²) in [4.78, 5) is 0. The SMILES string of the molecule is C=C/C=C(\NC)N(NI)C(C)=N. The van der Waals surface area contributed by atoms with Crippen molar-refractivity contribution in [2.75, 3.05) is 7.05 Å². The Labute approximate surface area is 86.7 Å². The van der Waals surface area contributed by atoms with Gasteiger partial charge in [0.2, 0.25) is 0 Å². The van der Waals surface area contributed by atoms with Crippen molar-refractivity contribution in [1.29, 1.82) is 5.41 Å². The highest BCUT2D eigenvalue weighted by atomic mass is 127. The van der Waals surface area contributed by atoms with Crippen LogP contribution in [0.5, 0.6) is 0 Å². The standard InChI is InChI=1S/C7H13IN4/c1-4-5-7(10-3)12(11-8)6(2)9/h4-5,9-11H,1H2,2-3H3/b7-5+,9-6?. The Bertz CT molecular complexity index is 200. The summed E-state index contributed by atoms with van der Waals surface area (Å²) in [6, 6.07) is 0. The molecule has 0 aromatic rings. The van der Waals surface area contributed by atoms with Gasteiger partial charge in [0.05, 0.1) is 0 Å². The van der Waals surface area contributed by atoms with Crippen LogP contribution in [0.25, 0.3) is 0 Å². The summed E-state index contributed by atoms with van der Waals surface area (Å²) in [7, 11) is 1.79. The summed E-state index contributed by atoms with van der Waals surface area (Å²) in [5, 5.41) is 11.9. The normalized spacial score (nSPS) is 10.8. The summed E-state index contributed by atoms with van der Waals surface area (Å²) in [6.07, 6.45) is 3.44. The molecule has 0 fully saturated rings. The van der Waals surface area contributed by atoms with E-state index >= 15 is 0 Å². The van der Waals surface area contributed by atoms with Crippen molar-refractivity contribution in [1.82, 2.24) is 14.0 Å². The molecule has 0 aliphatic heterocycles. The van der Waals surface area contributed by atoms with E-state index in [1.807, 2.05) is 22.9 Å². The number of hydrazine groups is 1. The van der Waals surface area contributed by atoms with E-state index in [2.05, 4.69) is 15.5 Å². The number of nitrogens with one attached hydrogen (secondary N) is 3. The quantitative estimate of drug-likeness (QED) is 0.182. The van der Waals surface area contributed by atoms with Crippen LogP contribution in [0.4, 0.5) is 0 Å². The molecule has 0 spiro atoms. The van der Waals surface area contributed by atoms with Crippen molar-refractivity contribution in [2.24, 2.45) is 0 Å². The van der Waals surface area contributed by atoms with Crippen LogP contribution in [-0.2, 0) is 0 Å². The predicted molar refractivity (Wildman–Crippen MR) is 59.7 cm³/mol. The van der Waals surface area contributed by atoms with Crippen LogP contribution in [0.1, 0.15) is 6.92 Å². The van der Waals surface area contributed by atoms with Gasteiger partial charge in [-0.2, -0.15) is 3.64 Å². The van der Waals surface area contributed by atoms with Crippen LogP contribution in [0.3, 0.4) is 0 Å². The van der Waals surface area contributed by atoms with E-state index in [9.17, 15) is 0 Å². The number of hydrogen-bond donors (Lipinski definition) is 3. The van der Waals surface area contributed by atoms with Crippen molar-refractivity contribution in [3.63, 3.8) is 0 Å². The monoisotopic (exact) mass is 280 g/mol. The third kappa shape index (κ3) is 3.22. The second kappa shape index (κ2) is 6.01. The first-order chi connectivity index (χ1) is 5.67. The molecule has 0 saturated heterocycles. The molecule has 0 unspecified atom stereocenters. The lowest BCUT2D eigenvalue weighted by molar-refractivity contribution is 0.470. The maximum absolute atomic E-state index is 7.41. The molecular weight excluding hydrogens is 267 g/mol. The summed E-state index contributed by atoms with van der Waals surface area (Å²) in [5.74, 6) is 1.19. The first-order valence-electron chi connectivity index (χ1n) is 3.39. The average Bonchev–Trinajstić information content (AvgIpc) is 2.03. The van der Waals surface area contributed by atoms with Gasteiger partial charge in [0.25, 0.3) is 0 Å². The highest BCUT2D eigenvalue weighted by Gasteiger charge is 2.06. The molecule has 0 saturated carbocycles. The van der Waals surface area contributed by atoms with E-state index in [0.29, 0.717) is 5.84 Å². The molecular formula is C7H13IN4. The van der Waals surface area contributed by atoms with Crippen LogP contribution >= 0.6 is 22.9 Å². The van der Waals surface area contributed by atoms with E-state index in [-0.39, 0.29) is 0 Å². The number of hydrogen-bond acceptors (Lipinski definition) is 3. The minimum atomic E-state index is 0.409.